The minimum Gasteiger partial charge on any atom is -0.458 e. The topological polar surface area (TPSA) is 35.2 Å². The molecule has 0 atom stereocenters. The Kier molecular flexibility index (Phi) is 4.23. The Hall–Kier alpha value is -1.96. The van der Waals surface area contributed by atoms with Gasteiger partial charge in [0.05, 0.1) is 0 Å². The smallest absolute Gasteiger partial charge is 0.127 e. The maximum atomic E-state index is 5.59. The summed E-state index contributed by atoms with van der Waals surface area (Å²) >= 11 is 0. The van der Waals surface area contributed by atoms with Gasteiger partial charge in [0.15, 0.2) is 0 Å². The zero-order valence-corrected chi connectivity index (χ0v) is 8.81. The molecule has 0 aromatic heterocycles. The van der Waals surface area contributed by atoms with E-state index < -0.39 is 0 Å². The first-order valence-electron chi connectivity index (χ1n) is 4.75. The average Bonchev–Trinajstić information content (AvgIpc) is 2.27. The number of rotatable bonds is 4. The van der Waals surface area contributed by atoms with Crippen molar-refractivity contribution in [1.82, 2.24) is 0 Å². The van der Waals surface area contributed by atoms with Gasteiger partial charge in [-0.05, 0) is 43.3 Å². The second kappa shape index (κ2) is 5.70. The molecular formula is C13H15NO. The van der Waals surface area contributed by atoms with Gasteiger partial charge >= 0.3 is 0 Å². The highest BCUT2D eigenvalue weighted by molar-refractivity contribution is 5.42. The van der Waals surface area contributed by atoms with E-state index in [0.717, 1.165) is 17.2 Å². The van der Waals surface area contributed by atoms with E-state index in [-0.39, 0.29) is 0 Å². The number of nitrogen functional groups attached to an aromatic ring is 1. The molecule has 0 aliphatic rings. The van der Waals surface area contributed by atoms with Crippen molar-refractivity contribution < 1.29 is 4.74 Å². The second-order valence-electron chi connectivity index (χ2n) is 2.96. The van der Waals surface area contributed by atoms with Gasteiger partial charge in [-0.2, -0.15) is 0 Å². The molecular weight excluding hydrogens is 186 g/mol. The fraction of sp³-hybridized carbons (Fsp3) is 0.0769. The van der Waals surface area contributed by atoms with Gasteiger partial charge < -0.3 is 10.5 Å². The Bertz CT molecular complexity index is 374. The van der Waals surface area contributed by atoms with E-state index in [1.165, 1.54) is 0 Å². The number of nitrogens with two attached hydrogens (primary N) is 1. The standard InChI is InChI=1S/C13H15NO/c1-3-5-6-12(4-2)15-13-9-7-11(14)8-10-13/h3-10H,1,14H2,2H3. The largest absolute Gasteiger partial charge is 0.458 e. The number of hydrogen-bond acceptors (Lipinski definition) is 2. The van der Waals surface area contributed by atoms with E-state index in [0.29, 0.717) is 0 Å². The van der Waals surface area contributed by atoms with Crippen LogP contribution < -0.4 is 10.5 Å². The van der Waals surface area contributed by atoms with Crippen molar-refractivity contribution in [3.8, 4) is 5.75 Å². The number of allylic oxidation sites excluding steroid dienone is 4. The van der Waals surface area contributed by atoms with Gasteiger partial charge in [0.25, 0.3) is 0 Å². The highest BCUT2D eigenvalue weighted by atomic mass is 16.5. The predicted molar refractivity (Wildman–Crippen MR) is 64.6 cm³/mol. The molecule has 78 valence electrons. The molecule has 0 aliphatic heterocycles. The normalized spacial score (nSPS) is 11.7. The molecule has 0 amide bonds. The van der Waals surface area contributed by atoms with Crippen LogP contribution in [0.4, 0.5) is 5.69 Å². The van der Waals surface area contributed by atoms with Crippen molar-refractivity contribution in [1.29, 1.82) is 0 Å². The molecule has 15 heavy (non-hydrogen) atoms. The summed E-state index contributed by atoms with van der Waals surface area (Å²) in [4.78, 5) is 0. The summed E-state index contributed by atoms with van der Waals surface area (Å²) < 4.78 is 5.59. The van der Waals surface area contributed by atoms with Gasteiger partial charge in [-0.15, -0.1) is 0 Å². The van der Waals surface area contributed by atoms with E-state index in [2.05, 4.69) is 6.58 Å². The first kappa shape index (κ1) is 11.1. The lowest BCUT2D eigenvalue weighted by molar-refractivity contribution is 0.443. The molecule has 0 heterocycles. The molecule has 0 aliphatic carbocycles. The van der Waals surface area contributed by atoms with E-state index in [9.17, 15) is 0 Å². The first-order chi connectivity index (χ1) is 7.26. The highest BCUT2D eigenvalue weighted by Crippen LogP contribution is 2.16. The lowest BCUT2D eigenvalue weighted by atomic mass is 10.3. The van der Waals surface area contributed by atoms with Gasteiger partial charge in [0.2, 0.25) is 0 Å². The number of hydrogen-bond donors (Lipinski definition) is 1. The third-order valence-corrected chi connectivity index (χ3v) is 1.80. The average molecular weight is 201 g/mol. The fourth-order valence-electron chi connectivity index (χ4n) is 1.02. The van der Waals surface area contributed by atoms with Gasteiger partial charge in [0, 0.05) is 5.69 Å². The van der Waals surface area contributed by atoms with Gasteiger partial charge in [-0.3, -0.25) is 0 Å². The second-order valence-corrected chi connectivity index (χ2v) is 2.96. The van der Waals surface area contributed by atoms with Crippen LogP contribution in [0.1, 0.15) is 6.92 Å². The Labute approximate surface area is 90.4 Å². The zero-order chi connectivity index (χ0) is 11.1. The van der Waals surface area contributed by atoms with Gasteiger partial charge in [-0.25, -0.2) is 0 Å². The third kappa shape index (κ3) is 3.73. The molecule has 1 rings (SSSR count). The van der Waals surface area contributed by atoms with Crippen LogP contribution in [0.15, 0.2) is 60.9 Å². The molecule has 0 saturated heterocycles. The van der Waals surface area contributed by atoms with Crippen LogP contribution in [-0.2, 0) is 0 Å². The van der Waals surface area contributed by atoms with E-state index in [1.54, 1.807) is 18.2 Å². The monoisotopic (exact) mass is 201 g/mol. The Balaban J connectivity index is 2.71. The fourth-order valence-corrected chi connectivity index (χ4v) is 1.02. The number of benzene rings is 1. The van der Waals surface area contributed by atoms with Crippen molar-refractivity contribution in [2.75, 3.05) is 5.73 Å². The van der Waals surface area contributed by atoms with E-state index in [4.69, 9.17) is 10.5 Å². The summed E-state index contributed by atoms with van der Waals surface area (Å²) in [6.07, 6.45) is 7.27. The lowest BCUT2D eigenvalue weighted by Crippen LogP contribution is -1.92. The highest BCUT2D eigenvalue weighted by Gasteiger charge is 1.95. The quantitative estimate of drug-likeness (QED) is 0.461. The minimum atomic E-state index is 0.728. The van der Waals surface area contributed by atoms with Crippen LogP contribution in [0.3, 0.4) is 0 Å². The third-order valence-electron chi connectivity index (χ3n) is 1.80. The minimum absolute atomic E-state index is 0.728. The van der Waals surface area contributed by atoms with Crippen LogP contribution in [0.25, 0.3) is 0 Å². The summed E-state index contributed by atoms with van der Waals surface area (Å²) in [5.41, 5.74) is 6.30. The summed E-state index contributed by atoms with van der Waals surface area (Å²) in [6, 6.07) is 7.28. The molecule has 0 saturated carbocycles. The summed E-state index contributed by atoms with van der Waals surface area (Å²) in [5.74, 6) is 1.55. The van der Waals surface area contributed by atoms with Crippen molar-refractivity contribution in [3.63, 3.8) is 0 Å². The van der Waals surface area contributed by atoms with E-state index in [1.807, 2.05) is 37.3 Å². The zero-order valence-electron chi connectivity index (χ0n) is 8.81. The maximum Gasteiger partial charge on any atom is 0.127 e. The Morgan fingerprint density at radius 2 is 2.00 bits per heavy atom. The molecule has 2 nitrogen and oxygen atoms in total. The van der Waals surface area contributed by atoms with Crippen LogP contribution in [0, 0.1) is 0 Å². The van der Waals surface area contributed by atoms with Crippen LogP contribution in [-0.4, -0.2) is 0 Å². The summed E-state index contributed by atoms with van der Waals surface area (Å²) in [5, 5.41) is 0. The van der Waals surface area contributed by atoms with Crippen molar-refractivity contribution in [2.24, 2.45) is 0 Å². The SMILES string of the molecule is C=CC=CC(=CC)Oc1ccc(N)cc1. The van der Waals surface area contributed by atoms with Crippen molar-refractivity contribution in [3.05, 3.63) is 60.9 Å². The molecule has 0 fully saturated rings. The van der Waals surface area contributed by atoms with Crippen LogP contribution in [0.5, 0.6) is 5.75 Å². The Morgan fingerprint density at radius 1 is 1.33 bits per heavy atom. The van der Waals surface area contributed by atoms with Crippen molar-refractivity contribution in [2.45, 2.75) is 6.92 Å². The summed E-state index contributed by atoms with van der Waals surface area (Å²) in [6.45, 7) is 5.52. The number of ether oxygens (including phenoxy) is 1. The van der Waals surface area contributed by atoms with Crippen LogP contribution in [0.2, 0.25) is 0 Å². The summed E-state index contributed by atoms with van der Waals surface area (Å²) in [7, 11) is 0. The molecule has 0 unspecified atom stereocenters. The van der Waals surface area contributed by atoms with Gasteiger partial charge in [0.1, 0.15) is 11.5 Å². The molecule has 2 N–H and O–H groups in total. The number of anilines is 1. The molecule has 1 aromatic carbocycles. The molecule has 1 aromatic rings. The molecule has 2 heteroatoms. The van der Waals surface area contributed by atoms with Crippen LogP contribution >= 0.6 is 0 Å². The molecule has 0 spiro atoms. The lowest BCUT2D eigenvalue weighted by Gasteiger charge is -2.05. The van der Waals surface area contributed by atoms with Gasteiger partial charge in [-0.1, -0.05) is 18.7 Å². The van der Waals surface area contributed by atoms with Crippen molar-refractivity contribution >= 4 is 5.69 Å². The first-order valence-corrected chi connectivity index (χ1v) is 4.75. The predicted octanol–water partition coefficient (Wildman–Crippen LogP) is 3.29. The maximum absolute atomic E-state index is 5.59. The molecule has 0 radical (unpaired) electrons. The van der Waals surface area contributed by atoms with E-state index >= 15 is 0 Å². The Morgan fingerprint density at radius 3 is 2.53 bits per heavy atom. The molecule has 0 bridgehead atoms.